The van der Waals surface area contributed by atoms with Gasteiger partial charge >= 0.3 is 0 Å². The predicted molar refractivity (Wildman–Crippen MR) is 133 cm³/mol. The van der Waals surface area contributed by atoms with Crippen molar-refractivity contribution < 1.29 is 9.36 Å². The van der Waals surface area contributed by atoms with Crippen molar-refractivity contribution in [1.29, 1.82) is 0 Å². The van der Waals surface area contributed by atoms with Gasteiger partial charge in [0.2, 0.25) is 0 Å². The van der Waals surface area contributed by atoms with E-state index in [0.29, 0.717) is 26.6 Å². The second-order valence-corrected chi connectivity index (χ2v) is 10.4. The Morgan fingerprint density at radius 3 is 1.66 bits per heavy atom. The summed E-state index contributed by atoms with van der Waals surface area (Å²) in [6.07, 6.45) is 1.76. The molecule has 0 saturated heterocycles. The summed E-state index contributed by atoms with van der Waals surface area (Å²) in [4.78, 5) is 13.1. The van der Waals surface area contributed by atoms with Crippen LogP contribution in [0, 0.1) is 0 Å². The fourth-order valence-electron chi connectivity index (χ4n) is 3.40. The molecule has 0 bridgehead atoms. The van der Waals surface area contributed by atoms with E-state index in [4.69, 9.17) is 11.6 Å². The molecule has 1 N–H and O–H groups in total. The first-order valence-electron chi connectivity index (χ1n) is 10.1. The number of amides is 1. The number of carbonyl (C=O) groups is 1. The van der Waals surface area contributed by atoms with Crippen LogP contribution in [0.1, 0.15) is 15.9 Å². The van der Waals surface area contributed by atoms with E-state index in [1.165, 1.54) is 0 Å². The minimum Gasteiger partial charge on any atom is -0.318 e. The molecule has 4 aromatic rings. The summed E-state index contributed by atoms with van der Waals surface area (Å²) in [6.45, 7) is 0. The van der Waals surface area contributed by atoms with Crippen molar-refractivity contribution in [3.05, 3.63) is 137 Å². The molecule has 4 rings (SSSR count). The van der Waals surface area contributed by atoms with Crippen LogP contribution in [0.25, 0.3) is 6.08 Å². The van der Waals surface area contributed by atoms with Gasteiger partial charge in [0.25, 0.3) is 5.91 Å². The first kappa shape index (κ1) is 21.8. The lowest BCUT2D eigenvalue weighted by molar-refractivity contribution is 0.0968. The number of halogens is 1. The molecule has 0 aliphatic heterocycles. The number of benzene rings is 4. The number of hydrogen-bond donors (Lipinski definition) is 1. The van der Waals surface area contributed by atoms with E-state index in [9.17, 15) is 9.36 Å². The van der Waals surface area contributed by atoms with Crippen LogP contribution in [-0.4, -0.2) is 5.91 Å². The molecule has 0 atom stereocenters. The van der Waals surface area contributed by atoms with Crippen LogP contribution < -0.4 is 15.9 Å². The second-order valence-electron chi connectivity index (χ2n) is 7.18. The molecule has 0 unspecified atom stereocenters. The molecule has 0 spiro atoms. The fourth-order valence-corrected chi connectivity index (χ4v) is 6.16. The maximum atomic E-state index is 14.8. The first-order valence-corrected chi connectivity index (χ1v) is 12.2. The summed E-state index contributed by atoms with van der Waals surface area (Å²) in [5.41, 5.74) is 1.61. The quantitative estimate of drug-likeness (QED) is 0.356. The van der Waals surface area contributed by atoms with E-state index in [-0.39, 0.29) is 5.91 Å². The molecule has 5 heteroatoms. The molecular formula is C27H21ClNO2P. The SMILES string of the molecule is O=C(N/C(=C/c1ccc(Cl)cc1)P(=O)(c1ccccc1)c1ccccc1)c1ccccc1. The summed E-state index contributed by atoms with van der Waals surface area (Å²) < 4.78 is 14.8. The Labute approximate surface area is 192 Å². The second kappa shape index (κ2) is 9.82. The zero-order chi connectivity index (χ0) is 22.4. The number of rotatable bonds is 6. The highest BCUT2D eigenvalue weighted by molar-refractivity contribution is 7.82. The summed E-state index contributed by atoms with van der Waals surface area (Å²) in [5, 5.41) is 4.84. The molecule has 0 aromatic heterocycles. The van der Waals surface area contributed by atoms with Gasteiger partial charge in [0, 0.05) is 21.2 Å². The molecule has 0 aliphatic rings. The highest BCUT2D eigenvalue weighted by Gasteiger charge is 2.33. The molecule has 32 heavy (non-hydrogen) atoms. The Hall–Kier alpha value is -3.39. The molecule has 0 fully saturated rings. The summed E-state index contributed by atoms with van der Waals surface area (Å²) >= 11 is 6.05. The lowest BCUT2D eigenvalue weighted by Crippen LogP contribution is -2.29. The van der Waals surface area contributed by atoms with Crippen molar-refractivity contribution >= 4 is 41.3 Å². The van der Waals surface area contributed by atoms with Crippen molar-refractivity contribution in [3.63, 3.8) is 0 Å². The maximum absolute atomic E-state index is 14.8. The Bertz CT molecular complexity index is 1230. The van der Waals surface area contributed by atoms with E-state index in [0.717, 1.165) is 5.56 Å². The van der Waals surface area contributed by atoms with E-state index in [1.54, 1.807) is 42.5 Å². The molecule has 0 radical (unpaired) electrons. The average Bonchev–Trinajstić information content (AvgIpc) is 2.86. The third-order valence-corrected chi connectivity index (χ3v) is 8.25. The lowest BCUT2D eigenvalue weighted by atomic mass is 10.2. The van der Waals surface area contributed by atoms with Crippen molar-refractivity contribution in [2.24, 2.45) is 0 Å². The summed E-state index contributed by atoms with van der Waals surface area (Å²) in [6, 6.07) is 34.6. The molecular weight excluding hydrogens is 437 g/mol. The minimum atomic E-state index is -3.39. The largest absolute Gasteiger partial charge is 0.318 e. The van der Waals surface area contributed by atoms with Crippen molar-refractivity contribution in [2.75, 3.05) is 0 Å². The van der Waals surface area contributed by atoms with Gasteiger partial charge in [0.05, 0.1) is 5.44 Å². The van der Waals surface area contributed by atoms with Gasteiger partial charge < -0.3 is 9.88 Å². The minimum absolute atomic E-state index is 0.321. The Morgan fingerprint density at radius 2 is 1.16 bits per heavy atom. The Balaban J connectivity index is 1.90. The molecule has 0 heterocycles. The van der Waals surface area contributed by atoms with Gasteiger partial charge in [0.15, 0.2) is 7.14 Å². The normalized spacial score (nSPS) is 11.7. The molecule has 3 nitrogen and oxygen atoms in total. The Morgan fingerprint density at radius 1 is 0.688 bits per heavy atom. The van der Waals surface area contributed by atoms with E-state index >= 15 is 0 Å². The highest BCUT2D eigenvalue weighted by atomic mass is 35.5. The highest BCUT2D eigenvalue weighted by Crippen LogP contribution is 2.51. The Kier molecular flexibility index (Phi) is 6.70. The smallest absolute Gasteiger partial charge is 0.255 e. The van der Waals surface area contributed by atoms with Crippen LogP contribution >= 0.6 is 18.7 Å². The maximum Gasteiger partial charge on any atom is 0.255 e. The van der Waals surface area contributed by atoms with Gasteiger partial charge in [-0.15, -0.1) is 0 Å². The van der Waals surface area contributed by atoms with Crippen LogP contribution in [0.4, 0.5) is 0 Å². The van der Waals surface area contributed by atoms with Crippen LogP contribution in [0.5, 0.6) is 0 Å². The fraction of sp³-hybridized carbons (Fsp3) is 0. The van der Waals surface area contributed by atoms with Crippen LogP contribution in [0.15, 0.2) is 121 Å². The van der Waals surface area contributed by atoms with Gasteiger partial charge in [0.1, 0.15) is 0 Å². The van der Waals surface area contributed by atoms with E-state index in [2.05, 4.69) is 5.32 Å². The number of carbonyl (C=O) groups excluding carboxylic acids is 1. The number of hydrogen-bond acceptors (Lipinski definition) is 2. The molecule has 0 aliphatic carbocycles. The monoisotopic (exact) mass is 457 g/mol. The van der Waals surface area contributed by atoms with Gasteiger partial charge in [-0.25, -0.2) is 0 Å². The topological polar surface area (TPSA) is 46.2 Å². The average molecular weight is 458 g/mol. The van der Waals surface area contributed by atoms with Crippen LogP contribution in [-0.2, 0) is 4.57 Å². The van der Waals surface area contributed by atoms with Gasteiger partial charge in [-0.2, -0.15) is 0 Å². The van der Waals surface area contributed by atoms with Crippen molar-refractivity contribution in [1.82, 2.24) is 5.32 Å². The van der Waals surface area contributed by atoms with Crippen molar-refractivity contribution in [2.45, 2.75) is 0 Å². The molecule has 158 valence electrons. The summed E-state index contributed by atoms with van der Waals surface area (Å²) in [5.74, 6) is -0.321. The third kappa shape index (κ3) is 4.75. The zero-order valence-electron chi connectivity index (χ0n) is 17.2. The van der Waals surface area contributed by atoms with Gasteiger partial charge in [-0.1, -0.05) is 103 Å². The van der Waals surface area contributed by atoms with E-state index in [1.807, 2.05) is 78.9 Å². The predicted octanol–water partition coefficient (Wildman–Crippen LogP) is 6.08. The third-order valence-electron chi connectivity index (χ3n) is 5.03. The first-order chi connectivity index (χ1) is 15.6. The van der Waals surface area contributed by atoms with Gasteiger partial charge in [-0.05, 0) is 35.9 Å². The van der Waals surface area contributed by atoms with Crippen LogP contribution in [0.3, 0.4) is 0 Å². The molecule has 4 aromatic carbocycles. The van der Waals surface area contributed by atoms with Gasteiger partial charge in [-0.3, -0.25) is 4.79 Å². The van der Waals surface area contributed by atoms with E-state index < -0.39 is 7.14 Å². The standard InChI is InChI=1S/C27H21ClNO2P/c28-23-18-16-21(17-19-23)20-26(29-27(30)22-10-4-1-5-11-22)32(31,24-12-6-2-7-13-24)25-14-8-3-9-15-25/h1-20H,(H,29,30)/b26-20-. The summed E-state index contributed by atoms with van der Waals surface area (Å²) in [7, 11) is -3.39. The lowest BCUT2D eigenvalue weighted by Gasteiger charge is -2.23. The van der Waals surface area contributed by atoms with Crippen molar-refractivity contribution in [3.8, 4) is 0 Å². The number of nitrogens with one attached hydrogen (secondary N) is 1. The zero-order valence-corrected chi connectivity index (χ0v) is 18.8. The molecule has 0 saturated carbocycles. The van der Waals surface area contributed by atoms with Crippen LogP contribution in [0.2, 0.25) is 5.02 Å². The molecule has 1 amide bonds.